The molecule has 0 aromatic rings. The minimum atomic E-state index is -0.854. The molecule has 1 aliphatic rings. The molecule has 0 N–H and O–H groups in total. The van der Waals surface area contributed by atoms with Crippen molar-refractivity contribution < 1.29 is 19.1 Å². The first-order chi connectivity index (χ1) is 6.35. The molecule has 1 heterocycles. The van der Waals surface area contributed by atoms with Crippen LogP contribution in [-0.2, 0) is 19.1 Å². The van der Waals surface area contributed by atoms with Crippen molar-refractivity contribution in [3.63, 3.8) is 0 Å². The van der Waals surface area contributed by atoms with Crippen LogP contribution in [0.3, 0.4) is 0 Å². The van der Waals surface area contributed by atoms with E-state index in [1.54, 1.807) is 20.8 Å². The molecule has 0 radical (unpaired) electrons. The van der Waals surface area contributed by atoms with Gasteiger partial charge in [0, 0.05) is 5.57 Å². The quantitative estimate of drug-likeness (QED) is 0.494. The Morgan fingerprint density at radius 1 is 1.71 bits per heavy atom. The van der Waals surface area contributed by atoms with Crippen molar-refractivity contribution in [1.29, 1.82) is 0 Å². The highest BCUT2D eigenvalue weighted by Crippen LogP contribution is 2.30. The summed E-state index contributed by atoms with van der Waals surface area (Å²) in [4.78, 5) is 22.3. The largest absolute Gasteiger partial charge is 0.458 e. The molecule has 0 aromatic heterocycles. The molecule has 4 heteroatoms. The summed E-state index contributed by atoms with van der Waals surface area (Å²) >= 11 is 0. The highest BCUT2D eigenvalue weighted by molar-refractivity contribution is 5.88. The molecule has 1 saturated heterocycles. The van der Waals surface area contributed by atoms with Gasteiger partial charge in [0.2, 0.25) is 0 Å². The number of carbonyl (C=O) groups is 2. The summed E-state index contributed by atoms with van der Waals surface area (Å²) in [5.41, 5.74) is -0.537. The van der Waals surface area contributed by atoms with E-state index in [1.165, 1.54) is 0 Å². The maximum absolute atomic E-state index is 11.3. The van der Waals surface area contributed by atoms with E-state index in [-0.39, 0.29) is 12.4 Å². The second-order valence-electron chi connectivity index (χ2n) is 3.79. The Bertz CT molecular complexity index is 294. The van der Waals surface area contributed by atoms with Crippen molar-refractivity contribution in [2.75, 3.05) is 0 Å². The van der Waals surface area contributed by atoms with Crippen molar-refractivity contribution in [1.82, 2.24) is 0 Å². The first-order valence-electron chi connectivity index (χ1n) is 4.43. The molecule has 4 nitrogen and oxygen atoms in total. The van der Waals surface area contributed by atoms with E-state index >= 15 is 0 Å². The van der Waals surface area contributed by atoms with Gasteiger partial charge in [-0.15, -0.1) is 0 Å². The maximum Gasteiger partial charge on any atom is 0.333 e. The average Bonchev–Trinajstić information content (AvgIpc) is 2.25. The molecule has 0 aromatic carbocycles. The predicted octanol–water partition coefficient (Wildman–Crippen LogP) is 1.20. The lowest BCUT2D eigenvalue weighted by Gasteiger charge is -2.25. The first kappa shape index (κ1) is 10.8. The number of hydrogen-bond donors (Lipinski definition) is 0. The Labute approximate surface area is 82.9 Å². The fraction of sp³-hybridized carbons (Fsp3) is 0.600. The van der Waals surface area contributed by atoms with Crippen LogP contribution < -0.4 is 0 Å². The molecule has 1 unspecified atom stereocenters. The van der Waals surface area contributed by atoms with Gasteiger partial charge < -0.3 is 9.47 Å². The fourth-order valence-corrected chi connectivity index (χ4v) is 1.21. The zero-order chi connectivity index (χ0) is 10.9. The molecule has 14 heavy (non-hydrogen) atoms. The maximum atomic E-state index is 11.3. The number of cyclic esters (lactones) is 1. The molecule has 2 atom stereocenters. The topological polar surface area (TPSA) is 52.6 Å². The number of carbonyl (C=O) groups excluding carboxylic acids is 2. The Balaban J connectivity index is 2.72. The van der Waals surface area contributed by atoms with E-state index in [9.17, 15) is 9.59 Å². The van der Waals surface area contributed by atoms with Crippen LogP contribution in [-0.4, -0.2) is 23.6 Å². The highest BCUT2D eigenvalue weighted by atomic mass is 16.6. The van der Waals surface area contributed by atoms with Gasteiger partial charge in [-0.3, -0.25) is 4.79 Å². The summed E-state index contributed by atoms with van der Waals surface area (Å²) in [6.07, 6.45) is -0.300. The third kappa shape index (κ3) is 1.95. The lowest BCUT2D eigenvalue weighted by molar-refractivity contribution is -0.158. The van der Waals surface area contributed by atoms with Gasteiger partial charge in [0.25, 0.3) is 0 Å². The van der Waals surface area contributed by atoms with Gasteiger partial charge in [-0.25, -0.2) is 4.79 Å². The minimum Gasteiger partial charge on any atom is -0.458 e. The van der Waals surface area contributed by atoms with E-state index in [4.69, 9.17) is 9.47 Å². The van der Waals surface area contributed by atoms with Crippen LogP contribution in [0, 0.1) is 0 Å². The van der Waals surface area contributed by atoms with E-state index in [0.717, 1.165) is 0 Å². The number of hydrogen-bond acceptors (Lipinski definition) is 4. The third-order valence-corrected chi connectivity index (χ3v) is 2.34. The molecular weight excluding hydrogens is 184 g/mol. The normalized spacial score (nSPS) is 31.1. The number of ether oxygens (including phenoxy) is 2. The molecule has 1 rings (SSSR count). The monoisotopic (exact) mass is 198 g/mol. The van der Waals surface area contributed by atoms with Crippen LogP contribution in [0.5, 0.6) is 0 Å². The molecule has 0 saturated carbocycles. The SMILES string of the molecule is C=C(C)C(=O)O[C@]1(C)CC(=O)OC1C. The van der Waals surface area contributed by atoms with Crippen molar-refractivity contribution in [2.45, 2.75) is 38.9 Å². The van der Waals surface area contributed by atoms with Gasteiger partial charge in [0.05, 0.1) is 6.42 Å². The van der Waals surface area contributed by atoms with Crippen molar-refractivity contribution >= 4 is 11.9 Å². The van der Waals surface area contributed by atoms with Crippen LogP contribution in [0.25, 0.3) is 0 Å². The lowest BCUT2D eigenvalue weighted by Crippen LogP contribution is -2.38. The van der Waals surface area contributed by atoms with Gasteiger partial charge in [0.1, 0.15) is 6.10 Å². The Morgan fingerprint density at radius 3 is 2.64 bits per heavy atom. The molecule has 78 valence electrons. The van der Waals surface area contributed by atoms with Gasteiger partial charge in [-0.2, -0.15) is 0 Å². The highest BCUT2D eigenvalue weighted by Gasteiger charge is 2.46. The summed E-state index contributed by atoms with van der Waals surface area (Å²) in [5, 5.41) is 0. The van der Waals surface area contributed by atoms with E-state index < -0.39 is 17.7 Å². The van der Waals surface area contributed by atoms with Gasteiger partial charge in [0.15, 0.2) is 5.60 Å². The van der Waals surface area contributed by atoms with Crippen LogP contribution in [0.15, 0.2) is 12.2 Å². The van der Waals surface area contributed by atoms with Gasteiger partial charge in [-0.05, 0) is 20.8 Å². The molecule has 0 bridgehead atoms. The molecule has 0 amide bonds. The zero-order valence-corrected chi connectivity index (χ0v) is 8.62. The lowest BCUT2D eigenvalue weighted by atomic mass is 9.99. The number of rotatable bonds is 2. The summed E-state index contributed by atoms with van der Waals surface area (Å²) in [6.45, 7) is 8.42. The molecular formula is C10H14O4. The number of esters is 2. The molecule has 1 fully saturated rings. The van der Waals surface area contributed by atoms with E-state index in [1.807, 2.05) is 0 Å². The van der Waals surface area contributed by atoms with Crippen LogP contribution in [0.4, 0.5) is 0 Å². The minimum absolute atomic E-state index is 0.104. The molecule has 0 aliphatic carbocycles. The van der Waals surface area contributed by atoms with Crippen molar-refractivity contribution in [2.24, 2.45) is 0 Å². The van der Waals surface area contributed by atoms with E-state index in [0.29, 0.717) is 5.57 Å². The molecule has 0 spiro atoms. The van der Waals surface area contributed by atoms with Crippen molar-refractivity contribution in [3.8, 4) is 0 Å². The summed E-state index contributed by atoms with van der Waals surface area (Å²) in [7, 11) is 0. The predicted molar refractivity (Wildman–Crippen MR) is 49.5 cm³/mol. The van der Waals surface area contributed by atoms with Crippen LogP contribution in [0.2, 0.25) is 0 Å². The summed E-state index contributed by atoms with van der Waals surface area (Å²) in [5.74, 6) is -0.827. The second kappa shape index (κ2) is 3.44. The first-order valence-corrected chi connectivity index (χ1v) is 4.43. The van der Waals surface area contributed by atoms with Crippen LogP contribution >= 0.6 is 0 Å². The van der Waals surface area contributed by atoms with Crippen LogP contribution in [0.1, 0.15) is 27.2 Å². The van der Waals surface area contributed by atoms with Gasteiger partial charge >= 0.3 is 11.9 Å². The fourth-order valence-electron chi connectivity index (χ4n) is 1.21. The van der Waals surface area contributed by atoms with Gasteiger partial charge in [-0.1, -0.05) is 6.58 Å². The standard InChI is InChI=1S/C10H14O4/c1-6(2)9(12)14-10(4)5-8(11)13-7(10)3/h7H,1,5H2,2-4H3/t7?,10-/m1/s1. The molecule has 1 aliphatic heterocycles. The Morgan fingerprint density at radius 2 is 2.29 bits per heavy atom. The smallest absolute Gasteiger partial charge is 0.333 e. The third-order valence-electron chi connectivity index (χ3n) is 2.34. The average molecular weight is 198 g/mol. The zero-order valence-electron chi connectivity index (χ0n) is 8.62. The second-order valence-corrected chi connectivity index (χ2v) is 3.79. The van der Waals surface area contributed by atoms with E-state index in [2.05, 4.69) is 6.58 Å². The summed E-state index contributed by atoms with van der Waals surface area (Å²) < 4.78 is 10.1. The Kier molecular flexibility index (Phi) is 2.64. The van der Waals surface area contributed by atoms with Crippen molar-refractivity contribution in [3.05, 3.63) is 12.2 Å². The summed E-state index contributed by atoms with van der Waals surface area (Å²) in [6, 6.07) is 0. The Hall–Kier alpha value is -1.32.